The molecule has 0 saturated heterocycles. The second kappa shape index (κ2) is 11.2. The molecule has 1 aliphatic rings. The van der Waals surface area contributed by atoms with Gasteiger partial charge in [-0.15, -0.1) is 24.0 Å². The van der Waals surface area contributed by atoms with Crippen LogP contribution in [0.15, 0.2) is 29.3 Å². The number of hydrogen-bond acceptors (Lipinski definition) is 5. The van der Waals surface area contributed by atoms with E-state index in [0.29, 0.717) is 6.61 Å². The second-order valence-corrected chi connectivity index (χ2v) is 6.54. The molecule has 154 valence electrons. The van der Waals surface area contributed by atoms with E-state index in [2.05, 4.69) is 37.8 Å². The van der Waals surface area contributed by atoms with Gasteiger partial charge in [-0.25, -0.2) is 9.67 Å². The summed E-state index contributed by atoms with van der Waals surface area (Å²) in [5.74, 6) is 3.47. The Morgan fingerprint density at radius 1 is 1.36 bits per heavy atom. The highest BCUT2D eigenvalue weighted by Crippen LogP contribution is 2.14. The number of aromatic nitrogens is 3. The lowest BCUT2D eigenvalue weighted by atomic mass is 10.1. The van der Waals surface area contributed by atoms with Crippen LogP contribution in [0.2, 0.25) is 0 Å². The fraction of sp³-hybridized carbons (Fsp3) is 0.526. The number of ether oxygens (including phenoxy) is 2. The average molecular weight is 500 g/mol. The van der Waals surface area contributed by atoms with Crippen molar-refractivity contribution in [2.75, 3.05) is 27.8 Å². The molecule has 0 spiro atoms. The van der Waals surface area contributed by atoms with Crippen LogP contribution in [0.1, 0.15) is 23.6 Å². The van der Waals surface area contributed by atoms with Gasteiger partial charge in [0.15, 0.2) is 11.8 Å². The van der Waals surface area contributed by atoms with E-state index in [1.54, 1.807) is 21.3 Å². The first-order valence-corrected chi connectivity index (χ1v) is 9.23. The van der Waals surface area contributed by atoms with Gasteiger partial charge in [0, 0.05) is 33.2 Å². The molecule has 0 amide bonds. The summed E-state index contributed by atoms with van der Waals surface area (Å²) < 4.78 is 12.4. The molecular formula is C19H29IN6O2. The van der Waals surface area contributed by atoms with Crippen LogP contribution in [0.25, 0.3) is 0 Å². The van der Waals surface area contributed by atoms with Crippen LogP contribution in [0, 0.1) is 0 Å². The van der Waals surface area contributed by atoms with E-state index >= 15 is 0 Å². The summed E-state index contributed by atoms with van der Waals surface area (Å²) in [4.78, 5) is 8.86. The standard InChI is InChI=1S/C19H28N6O2.HI/c1-20-19(21-10-9-14-5-4-6-16(11-14)27-3)22-15-7-8-18-23-17(13-26-2)24-25(18)12-15;/h4-6,11,15H,7-10,12-13H2,1-3H3,(H2,20,21,22);1H. The molecule has 1 aromatic heterocycles. The van der Waals surface area contributed by atoms with Crippen LogP contribution >= 0.6 is 24.0 Å². The van der Waals surface area contributed by atoms with Crippen LogP contribution in [0.4, 0.5) is 0 Å². The lowest BCUT2D eigenvalue weighted by molar-refractivity contribution is 0.177. The molecule has 1 unspecified atom stereocenters. The minimum Gasteiger partial charge on any atom is -0.497 e. The van der Waals surface area contributed by atoms with Crippen molar-refractivity contribution in [3.8, 4) is 5.75 Å². The number of nitrogens with zero attached hydrogens (tertiary/aromatic N) is 4. The first-order chi connectivity index (χ1) is 13.2. The first kappa shape index (κ1) is 22.4. The second-order valence-electron chi connectivity index (χ2n) is 6.54. The summed E-state index contributed by atoms with van der Waals surface area (Å²) >= 11 is 0. The van der Waals surface area contributed by atoms with Gasteiger partial charge in [-0.1, -0.05) is 12.1 Å². The fourth-order valence-electron chi connectivity index (χ4n) is 3.21. The largest absolute Gasteiger partial charge is 0.497 e. The van der Waals surface area contributed by atoms with E-state index in [-0.39, 0.29) is 30.0 Å². The van der Waals surface area contributed by atoms with E-state index in [9.17, 15) is 0 Å². The van der Waals surface area contributed by atoms with Gasteiger partial charge in [0.25, 0.3) is 0 Å². The molecule has 0 aliphatic carbocycles. The number of benzene rings is 1. The first-order valence-electron chi connectivity index (χ1n) is 9.23. The Morgan fingerprint density at radius 3 is 2.96 bits per heavy atom. The third-order valence-electron chi connectivity index (χ3n) is 4.58. The van der Waals surface area contributed by atoms with Gasteiger partial charge in [0.05, 0.1) is 13.7 Å². The molecular weight excluding hydrogens is 471 g/mol. The highest BCUT2D eigenvalue weighted by Gasteiger charge is 2.22. The number of guanidine groups is 1. The van der Waals surface area contributed by atoms with Crippen LogP contribution in [-0.2, 0) is 30.7 Å². The number of halogens is 1. The Labute approximate surface area is 183 Å². The molecule has 8 nitrogen and oxygen atoms in total. The highest BCUT2D eigenvalue weighted by molar-refractivity contribution is 14.0. The SMILES string of the molecule is CN=C(NCCc1cccc(OC)c1)NC1CCc2nc(COC)nn2C1.I. The third kappa shape index (κ3) is 6.06. The Kier molecular flexibility index (Phi) is 8.97. The maximum absolute atomic E-state index is 5.27. The average Bonchev–Trinajstić information content (AvgIpc) is 3.09. The monoisotopic (exact) mass is 500 g/mol. The zero-order chi connectivity index (χ0) is 19.1. The summed E-state index contributed by atoms with van der Waals surface area (Å²) in [6, 6.07) is 8.40. The molecule has 0 radical (unpaired) electrons. The summed E-state index contributed by atoms with van der Waals surface area (Å²) in [7, 11) is 5.14. The van der Waals surface area contributed by atoms with Crippen molar-refractivity contribution in [2.45, 2.75) is 38.5 Å². The maximum atomic E-state index is 5.27. The smallest absolute Gasteiger partial charge is 0.191 e. The molecule has 2 N–H and O–H groups in total. The van der Waals surface area contributed by atoms with Crippen LogP contribution < -0.4 is 15.4 Å². The zero-order valence-corrected chi connectivity index (χ0v) is 19.0. The molecule has 28 heavy (non-hydrogen) atoms. The summed E-state index contributed by atoms with van der Waals surface area (Å²) in [5, 5.41) is 11.4. The number of aliphatic imine (C=N–C) groups is 1. The van der Waals surface area contributed by atoms with Gasteiger partial charge >= 0.3 is 0 Å². The van der Waals surface area contributed by atoms with Gasteiger partial charge < -0.3 is 20.1 Å². The number of aryl methyl sites for hydroxylation is 1. The summed E-state index contributed by atoms with van der Waals surface area (Å²) in [6.45, 7) is 2.03. The minimum absolute atomic E-state index is 0. The van der Waals surface area contributed by atoms with Crippen molar-refractivity contribution in [2.24, 2.45) is 4.99 Å². The van der Waals surface area contributed by atoms with Crippen molar-refractivity contribution < 1.29 is 9.47 Å². The zero-order valence-electron chi connectivity index (χ0n) is 16.6. The molecule has 2 aromatic rings. The molecule has 0 bridgehead atoms. The molecule has 0 fully saturated rings. The van der Waals surface area contributed by atoms with E-state index in [0.717, 1.165) is 55.7 Å². The van der Waals surface area contributed by atoms with E-state index in [1.807, 2.05) is 16.8 Å². The molecule has 2 heterocycles. The van der Waals surface area contributed by atoms with Crippen molar-refractivity contribution in [3.05, 3.63) is 41.5 Å². The number of rotatable bonds is 7. The number of methoxy groups -OCH3 is 2. The van der Waals surface area contributed by atoms with Gasteiger partial charge in [0.1, 0.15) is 18.2 Å². The molecule has 1 aliphatic heterocycles. The van der Waals surface area contributed by atoms with E-state index in [1.165, 1.54) is 5.56 Å². The quantitative estimate of drug-likeness (QED) is 0.343. The lowest BCUT2D eigenvalue weighted by Crippen LogP contribution is -2.47. The number of nitrogens with one attached hydrogen (secondary N) is 2. The van der Waals surface area contributed by atoms with Crippen molar-refractivity contribution >= 4 is 29.9 Å². The highest BCUT2D eigenvalue weighted by atomic mass is 127. The predicted octanol–water partition coefficient (Wildman–Crippen LogP) is 1.77. The molecule has 0 saturated carbocycles. The van der Waals surface area contributed by atoms with Gasteiger partial charge in [-0.2, -0.15) is 5.10 Å². The Morgan fingerprint density at radius 2 is 2.21 bits per heavy atom. The Bertz CT molecular complexity index is 780. The van der Waals surface area contributed by atoms with Crippen LogP contribution in [0.5, 0.6) is 5.75 Å². The third-order valence-corrected chi connectivity index (χ3v) is 4.58. The normalized spacial score (nSPS) is 16.1. The predicted molar refractivity (Wildman–Crippen MR) is 119 cm³/mol. The van der Waals surface area contributed by atoms with Gasteiger partial charge in [-0.05, 0) is 30.5 Å². The molecule has 9 heteroatoms. The topological polar surface area (TPSA) is 85.6 Å². The molecule has 1 atom stereocenters. The van der Waals surface area contributed by atoms with Crippen molar-refractivity contribution in [1.82, 2.24) is 25.4 Å². The number of hydrogen-bond donors (Lipinski definition) is 2. The van der Waals surface area contributed by atoms with Crippen molar-refractivity contribution in [1.29, 1.82) is 0 Å². The fourth-order valence-corrected chi connectivity index (χ4v) is 3.21. The lowest BCUT2D eigenvalue weighted by Gasteiger charge is -2.25. The summed E-state index contributed by atoms with van der Waals surface area (Å²) in [5.41, 5.74) is 1.23. The molecule has 3 rings (SSSR count). The van der Waals surface area contributed by atoms with Crippen LogP contribution in [-0.4, -0.2) is 54.6 Å². The Hall–Kier alpha value is -1.88. The van der Waals surface area contributed by atoms with Crippen LogP contribution in [0.3, 0.4) is 0 Å². The maximum Gasteiger partial charge on any atom is 0.191 e. The minimum atomic E-state index is 0. The van der Waals surface area contributed by atoms with Gasteiger partial charge in [-0.3, -0.25) is 4.99 Å². The van der Waals surface area contributed by atoms with E-state index < -0.39 is 0 Å². The molecule has 1 aromatic carbocycles. The Balaban J connectivity index is 0.00000280. The van der Waals surface area contributed by atoms with Gasteiger partial charge in [0.2, 0.25) is 0 Å². The number of fused-ring (bicyclic) bond motifs is 1. The van der Waals surface area contributed by atoms with E-state index in [4.69, 9.17) is 9.47 Å². The summed E-state index contributed by atoms with van der Waals surface area (Å²) in [6.07, 6.45) is 2.80. The van der Waals surface area contributed by atoms with Crippen molar-refractivity contribution in [3.63, 3.8) is 0 Å².